The number of carbonyl (C=O) groups excluding carboxylic acids is 1. The predicted molar refractivity (Wildman–Crippen MR) is 119 cm³/mol. The molecule has 1 aromatic heterocycles. The zero-order chi connectivity index (χ0) is 19.7. The van der Waals surface area contributed by atoms with Crippen LogP contribution in [0.4, 0.5) is 0 Å². The van der Waals surface area contributed by atoms with E-state index in [2.05, 4.69) is 45.4 Å². The minimum atomic E-state index is 0.0196. The molecule has 1 amide bonds. The Bertz CT molecular complexity index is 964. The van der Waals surface area contributed by atoms with E-state index in [1.54, 1.807) is 4.90 Å². The van der Waals surface area contributed by atoms with E-state index >= 15 is 0 Å². The number of amidine groups is 1. The molecule has 1 fully saturated rings. The van der Waals surface area contributed by atoms with Crippen LogP contribution in [0.5, 0.6) is 0 Å². The summed E-state index contributed by atoms with van der Waals surface area (Å²) in [6.45, 7) is 9.34. The van der Waals surface area contributed by atoms with E-state index in [1.807, 2.05) is 38.1 Å². The molecule has 0 atom stereocenters. The molecule has 142 valence electrons. The van der Waals surface area contributed by atoms with Gasteiger partial charge < -0.3 is 4.57 Å². The molecule has 3 rings (SSSR count). The number of aliphatic imine (C=N–C) groups is 1. The van der Waals surface area contributed by atoms with Gasteiger partial charge in [0.2, 0.25) is 0 Å². The van der Waals surface area contributed by atoms with E-state index in [4.69, 9.17) is 11.6 Å². The number of nitrogens with zero attached hydrogens (tertiary/aromatic N) is 3. The summed E-state index contributed by atoms with van der Waals surface area (Å²) in [5, 5.41) is 1.45. The number of amides is 1. The fraction of sp³-hybridized carbons (Fsp3) is 0.300. The number of benzene rings is 1. The molecule has 4 nitrogen and oxygen atoms in total. The number of carbonyl (C=O) groups is 1. The molecule has 0 radical (unpaired) electrons. The minimum Gasteiger partial charge on any atom is -0.318 e. The van der Waals surface area contributed by atoms with Crippen molar-refractivity contribution in [2.45, 2.75) is 27.7 Å². The number of rotatable bonds is 4. The third-order valence-corrected chi connectivity index (χ3v) is 6.69. The Labute approximate surface area is 177 Å². The van der Waals surface area contributed by atoms with Gasteiger partial charge in [-0.15, -0.1) is 0 Å². The molecule has 0 saturated carbocycles. The zero-order valence-electron chi connectivity index (χ0n) is 15.7. The largest absolute Gasteiger partial charge is 0.318 e. The third kappa shape index (κ3) is 3.89. The van der Waals surface area contributed by atoms with Gasteiger partial charge in [0.05, 0.1) is 9.93 Å². The van der Waals surface area contributed by atoms with Gasteiger partial charge in [0.15, 0.2) is 5.17 Å². The molecule has 0 bridgehead atoms. The predicted octanol–water partition coefficient (Wildman–Crippen LogP) is 5.82. The highest BCUT2D eigenvalue weighted by atomic mass is 79.9. The number of aryl methyl sites for hydroxylation is 1. The quantitative estimate of drug-likeness (QED) is 0.532. The first-order valence-corrected chi connectivity index (χ1v) is 10.8. The lowest BCUT2D eigenvalue weighted by Crippen LogP contribution is -2.28. The van der Waals surface area contributed by atoms with Crippen LogP contribution in [0.15, 0.2) is 38.6 Å². The maximum absolute atomic E-state index is 12.7. The van der Waals surface area contributed by atoms with Crippen LogP contribution in [-0.2, 0) is 4.79 Å². The molecule has 2 heterocycles. The van der Waals surface area contributed by atoms with Gasteiger partial charge >= 0.3 is 0 Å². The maximum atomic E-state index is 12.7. The van der Waals surface area contributed by atoms with Gasteiger partial charge in [0.1, 0.15) is 0 Å². The maximum Gasteiger partial charge on any atom is 0.266 e. The summed E-state index contributed by atoms with van der Waals surface area (Å²) in [6.07, 6.45) is 1.97. The molecule has 1 aromatic carbocycles. The van der Waals surface area contributed by atoms with Crippen LogP contribution in [0.2, 0.25) is 5.02 Å². The lowest BCUT2D eigenvalue weighted by molar-refractivity contribution is -0.122. The highest BCUT2D eigenvalue weighted by molar-refractivity contribution is 9.10. The van der Waals surface area contributed by atoms with Crippen molar-refractivity contribution in [3.8, 4) is 5.69 Å². The topological polar surface area (TPSA) is 37.6 Å². The fourth-order valence-corrected chi connectivity index (χ4v) is 4.65. The molecule has 0 N–H and O–H groups in total. The third-order valence-electron chi connectivity index (χ3n) is 4.42. The summed E-state index contributed by atoms with van der Waals surface area (Å²) >= 11 is 11.1. The molecule has 0 spiro atoms. The van der Waals surface area contributed by atoms with Gasteiger partial charge in [-0.05, 0) is 91.3 Å². The first-order valence-electron chi connectivity index (χ1n) is 8.77. The number of aromatic nitrogens is 1. The molecule has 0 unspecified atom stereocenters. The number of likely N-dealkylation sites (N-methyl/N-ethyl adjacent to an activating group) is 1. The molecule has 27 heavy (non-hydrogen) atoms. The molecule has 7 heteroatoms. The van der Waals surface area contributed by atoms with Gasteiger partial charge in [0, 0.05) is 34.6 Å². The Kier molecular flexibility index (Phi) is 6.18. The van der Waals surface area contributed by atoms with Crippen LogP contribution in [-0.4, -0.2) is 33.6 Å². The number of halogens is 2. The van der Waals surface area contributed by atoms with Crippen LogP contribution >= 0.6 is 39.3 Å². The van der Waals surface area contributed by atoms with Crippen molar-refractivity contribution in [1.29, 1.82) is 0 Å². The number of hydrogen-bond donors (Lipinski definition) is 0. The Morgan fingerprint density at radius 2 is 2.00 bits per heavy atom. The fourth-order valence-electron chi connectivity index (χ4n) is 3.14. The second-order valence-electron chi connectivity index (χ2n) is 6.18. The van der Waals surface area contributed by atoms with Crippen molar-refractivity contribution in [3.05, 3.63) is 55.6 Å². The highest BCUT2D eigenvalue weighted by Crippen LogP contribution is 2.34. The van der Waals surface area contributed by atoms with Gasteiger partial charge in [-0.2, -0.15) is 0 Å². The van der Waals surface area contributed by atoms with Gasteiger partial charge in [-0.3, -0.25) is 14.7 Å². The van der Waals surface area contributed by atoms with Crippen LogP contribution in [0.1, 0.15) is 30.8 Å². The first kappa shape index (κ1) is 20.2. The van der Waals surface area contributed by atoms with Crippen LogP contribution < -0.4 is 0 Å². The van der Waals surface area contributed by atoms with Crippen molar-refractivity contribution in [2.24, 2.45) is 4.99 Å². The summed E-state index contributed by atoms with van der Waals surface area (Å²) in [5.41, 5.74) is 4.17. The average Bonchev–Trinajstić information content (AvgIpc) is 3.07. The van der Waals surface area contributed by atoms with Crippen molar-refractivity contribution in [1.82, 2.24) is 9.47 Å². The monoisotopic (exact) mass is 465 g/mol. The van der Waals surface area contributed by atoms with Crippen LogP contribution in [0.25, 0.3) is 11.8 Å². The van der Waals surface area contributed by atoms with E-state index in [-0.39, 0.29) is 5.91 Å². The lowest BCUT2D eigenvalue weighted by Gasteiger charge is -2.11. The lowest BCUT2D eigenvalue weighted by atomic mass is 10.2. The van der Waals surface area contributed by atoms with Crippen molar-refractivity contribution < 1.29 is 4.79 Å². The molecule has 1 saturated heterocycles. The van der Waals surface area contributed by atoms with Gasteiger partial charge in [-0.1, -0.05) is 11.6 Å². The van der Waals surface area contributed by atoms with Crippen LogP contribution in [0, 0.1) is 13.8 Å². The molecular formula is C20H21BrClN3OS. The summed E-state index contributed by atoms with van der Waals surface area (Å²) in [5.74, 6) is 0.0196. The molecule has 1 aliphatic rings. The van der Waals surface area contributed by atoms with E-state index in [0.717, 1.165) is 32.3 Å². The Hall–Kier alpha value is -1.50. The smallest absolute Gasteiger partial charge is 0.266 e. The van der Waals surface area contributed by atoms with Gasteiger partial charge in [-0.25, -0.2) is 0 Å². The van der Waals surface area contributed by atoms with E-state index in [0.29, 0.717) is 23.0 Å². The average molecular weight is 467 g/mol. The molecule has 1 aliphatic heterocycles. The summed E-state index contributed by atoms with van der Waals surface area (Å²) in [4.78, 5) is 19.6. The first-order chi connectivity index (χ1) is 12.9. The van der Waals surface area contributed by atoms with Crippen molar-refractivity contribution >= 4 is 56.4 Å². The Balaban J connectivity index is 2.02. The highest BCUT2D eigenvalue weighted by Gasteiger charge is 2.32. The number of thioether (sulfide) groups is 1. The summed E-state index contributed by atoms with van der Waals surface area (Å²) in [7, 11) is 0. The second-order valence-corrected chi connectivity index (χ2v) is 8.45. The second kappa shape index (κ2) is 8.25. The molecule has 2 aromatic rings. The number of hydrogen-bond acceptors (Lipinski definition) is 3. The van der Waals surface area contributed by atoms with E-state index < -0.39 is 0 Å². The Morgan fingerprint density at radius 1 is 1.26 bits per heavy atom. The van der Waals surface area contributed by atoms with Gasteiger partial charge in [0.25, 0.3) is 5.91 Å². The van der Waals surface area contributed by atoms with E-state index in [9.17, 15) is 4.79 Å². The SMILES string of the molecule is CCN=C1S/C(=C\c2cc(C)n(-c3ccc(Br)c(Cl)c3)c2C)C(=O)N1CC. The Morgan fingerprint density at radius 3 is 2.63 bits per heavy atom. The molecular weight excluding hydrogens is 446 g/mol. The van der Waals surface area contributed by atoms with E-state index in [1.165, 1.54) is 11.8 Å². The summed E-state index contributed by atoms with van der Waals surface area (Å²) < 4.78 is 3.01. The van der Waals surface area contributed by atoms with Crippen LogP contribution in [0.3, 0.4) is 0 Å². The minimum absolute atomic E-state index is 0.0196. The summed E-state index contributed by atoms with van der Waals surface area (Å²) in [6, 6.07) is 7.99. The zero-order valence-corrected chi connectivity index (χ0v) is 18.9. The van der Waals surface area contributed by atoms with Crippen molar-refractivity contribution in [2.75, 3.05) is 13.1 Å². The van der Waals surface area contributed by atoms with Crippen molar-refractivity contribution in [3.63, 3.8) is 0 Å². The molecule has 0 aliphatic carbocycles. The standard InChI is InChI=1S/C20H21BrClN3OS/c1-5-23-20-24(6-2)19(26)18(27-20)10-14-9-12(3)25(13(14)4)15-7-8-16(21)17(22)11-15/h7-11H,5-6H2,1-4H3/b18-10-,23-20?. The normalized spacial score (nSPS) is 17.6.